The van der Waals surface area contributed by atoms with Gasteiger partial charge in [-0.05, 0) is 31.7 Å². The zero-order chi connectivity index (χ0) is 14.8. The Labute approximate surface area is 120 Å². The Hall–Kier alpha value is -1.42. The first-order valence-corrected chi connectivity index (χ1v) is 7.35. The SMILES string of the molecule is CCC(N)(CC)C(=O)N(Cc1ccccc1F)C1CC1. The predicted octanol–water partition coefficient (Wildman–Crippen LogP) is 2.83. The number of hydrogen-bond donors (Lipinski definition) is 1. The van der Waals surface area contributed by atoms with Crippen LogP contribution < -0.4 is 5.73 Å². The van der Waals surface area contributed by atoms with Crippen molar-refractivity contribution >= 4 is 5.91 Å². The summed E-state index contributed by atoms with van der Waals surface area (Å²) in [5.41, 5.74) is 5.95. The molecular weight excluding hydrogens is 255 g/mol. The molecule has 2 rings (SSSR count). The zero-order valence-corrected chi connectivity index (χ0v) is 12.2. The Kier molecular flexibility index (Phi) is 4.43. The van der Waals surface area contributed by atoms with Gasteiger partial charge < -0.3 is 10.6 Å². The number of hydrogen-bond acceptors (Lipinski definition) is 2. The fourth-order valence-electron chi connectivity index (χ4n) is 2.40. The molecule has 1 aliphatic carbocycles. The van der Waals surface area contributed by atoms with Crippen molar-refractivity contribution in [3.63, 3.8) is 0 Å². The molecule has 0 heterocycles. The Morgan fingerprint density at radius 3 is 2.45 bits per heavy atom. The van der Waals surface area contributed by atoms with E-state index in [9.17, 15) is 9.18 Å². The Morgan fingerprint density at radius 1 is 1.35 bits per heavy atom. The number of benzene rings is 1. The lowest BCUT2D eigenvalue weighted by Gasteiger charge is -2.33. The monoisotopic (exact) mass is 278 g/mol. The van der Waals surface area contributed by atoms with Crippen LogP contribution in [0.1, 0.15) is 45.1 Å². The number of nitrogens with two attached hydrogens (primary N) is 1. The summed E-state index contributed by atoms with van der Waals surface area (Å²) in [5.74, 6) is -0.310. The second-order valence-corrected chi connectivity index (χ2v) is 5.62. The summed E-state index contributed by atoms with van der Waals surface area (Å²) in [5, 5.41) is 0. The van der Waals surface area contributed by atoms with E-state index in [1.54, 1.807) is 23.1 Å². The molecule has 1 aliphatic rings. The molecule has 0 aliphatic heterocycles. The van der Waals surface area contributed by atoms with Gasteiger partial charge in [0.1, 0.15) is 5.82 Å². The molecular formula is C16H23FN2O. The third-order valence-electron chi connectivity index (χ3n) is 4.23. The van der Waals surface area contributed by atoms with E-state index in [0.29, 0.717) is 24.9 Å². The number of amides is 1. The molecule has 0 saturated heterocycles. The Balaban J connectivity index is 2.20. The molecule has 1 amide bonds. The van der Waals surface area contributed by atoms with Crippen molar-refractivity contribution in [3.8, 4) is 0 Å². The zero-order valence-electron chi connectivity index (χ0n) is 12.2. The van der Waals surface area contributed by atoms with Gasteiger partial charge in [0.05, 0.1) is 5.54 Å². The first-order valence-electron chi connectivity index (χ1n) is 7.35. The normalized spacial score (nSPS) is 15.2. The number of carbonyl (C=O) groups excluding carboxylic acids is 1. The van der Waals surface area contributed by atoms with Gasteiger partial charge >= 0.3 is 0 Å². The summed E-state index contributed by atoms with van der Waals surface area (Å²) in [6.45, 7) is 4.17. The highest BCUT2D eigenvalue weighted by Crippen LogP contribution is 2.31. The van der Waals surface area contributed by atoms with Crippen LogP contribution in [0.3, 0.4) is 0 Å². The van der Waals surface area contributed by atoms with Crippen molar-refractivity contribution in [1.82, 2.24) is 4.90 Å². The van der Waals surface area contributed by atoms with Crippen LogP contribution in [0.5, 0.6) is 0 Å². The van der Waals surface area contributed by atoms with Crippen LogP contribution in [0.4, 0.5) is 4.39 Å². The van der Waals surface area contributed by atoms with Crippen LogP contribution in [0.25, 0.3) is 0 Å². The van der Waals surface area contributed by atoms with E-state index in [4.69, 9.17) is 5.73 Å². The maximum atomic E-state index is 13.8. The van der Waals surface area contributed by atoms with Crippen molar-refractivity contribution in [2.45, 2.75) is 57.7 Å². The fourth-order valence-corrected chi connectivity index (χ4v) is 2.40. The van der Waals surface area contributed by atoms with Crippen LogP contribution in [0.2, 0.25) is 0 Å². The second kappa shape index (κ2) is 5.92. The Bertz CT molecular complexity index is 481. The molecule has 0 aromatic heterocycles. The highest BCUT2D eigenvalue weighted by atomic mass is 19.1. The van der Waals surface area contributed by atoms with Crippen molar-refractivity contribution in [2.24, 2.45) is 5.73 Å². The lowest BCUT2D eigenvalue weighted by Crippen LogP contribution is -2.55. The van der Waals surface area contributed by atoms with Gasteiger partial charge in [-0.25, -0.2) is 4.39 Å². The highest BCUT2D eigenvalue weighted by molar-refractivity contribution is 5.86. The van der Waals surface area contributed by atoms with Gasteiger partial charge in [-0.1, -0.05) is 32.0 Å². The molecule has 1 aromatic rings. The average molecular weight is 278 g/mol. The summed E-state index contributed by atoms with van der Waals surface area (Å²) < 4.78 is 13.8. The summed E-state index contributed by atoms with van der Waals surface area (Å²) in [7, 11) is 0. The second-order valence-electron chi connectivity index (χ2n) is 5.62. The maximum Gasteiger partial charge on any atom is 0.243 e. The van der Waals surface area contributed by atoms with Gasteiger partial charge in [-0.2, -0.15) is 0 Å². The van der Waals surface area contributed by atoms with Crippen LogP contribution in [-0.4, -0.2) is 22.4 Å². The Morgan fingerprint density at radius 2 is 1.95 bits per heavy atom. The molecule has 0 unspecified atom stereocenters. The largest absolute Gasteiger partial charge is 0.334 e. The molecule has 1 fully saturated rings. The number of nitrogens with zero attached hydrogens (tertiary/aromatic N) is 1. The number of carbonyl (C=O) groups is 1. The lowest BCUT2D eigenvalue weighted by atomic mass is 9.92. The quantitative estimate of drug-likeness (QED) is 0.869. The summed E-state index contributed by atoms with van der Waals surface area (Å²) in [4.78, 5) is 14.5. The van der Waals surface area contributed by atoms with E-state index in [1.807, 2.05) is 13.8 Å². The first-order chi connectivity index (χ1) is 9.51. The smallest absolute Gasteiger partial charge is 0.243 e. The average Bonchev–Trinajstić information content (AvgIpc) is 3.29. The van der Waals surface area contributed by atoms with E-state index in [0.717, 1.165) is 12.8 Å². The van der Waals surface area contributed by atoms with Gasteiger partial charge in [0.2, 0.25) is 5.91 Å². The summed E-state index contributed by atoms with van der Waals surface area (Å²) >= 11 is 0. The molecule has 2 N–H and O–H groups in total. The molecule has 0 spiro atoms. The predicted molar refractivity (Wildman–Crippen MR) is 77.5 cm³/mol. The van der Waals surface area contributed by atoms with Crippen molar-refractivity contribution in [1.29, 1.82) is 0 Å². The van der Waals surface area contributed by atoms with Crippen molar-refractivity contribution < 1.29 is 9.18 Å². The number of halogens is 1. The van der Waals surface area contributed by atoms with E-state index in [1.165, 1.54) is 6.07 Å². The minimum absolute atomic E-state index is 0.0479. The topological polar surface area (TPSA) is 46.3 Å². The fraction of sp³-hybridized carbons (Fsp3) is 0.562. The summed E-state index contributed by atoms with van der Waals surface area (Å²) in [6, 6.07) is 6.84. The standard InChI is InChI=1S/C16H23FN2O/c1-3-16(18,4-2)15(20)19(13-9-10-13)11-12-7-5-6-8-14(12)17/h5-8,13H,3-4,9-11,18H2,1-2H3. The van der Waals surface area contributed by atoms with Gasteiger partial charge in [-0.15, -0.1) is 0 Å². The van der Waals surface area contributed by atoms with Gasteiger partial charge in [0, 0.05) is 18.2 Å². The van der Waals surface area contributed by atoms with Crippen molar-refractivity contribution in [3.05, 3.63) is 35.6 Å². The molecule has 4 heteroatoms. The van der Waals surface area contributed by atoms with Crippen LogP contribution in [0.15, 0.2) is 24.3 Å². The van der Waals surface area contributed by atoms with E-state index in [2.05, 4.69) is 0 Å². The lowest BCUT2D eigenvalue weighted by molar-refractivity contribution is -0.138. The van der Waals surface area contributed by atoms with E-state index >= 15 is 0 Å². The summed E-state index contributed by atoms with van der Waals surface area (Å²) in [6.07, 6.45) is 3.18. The van der Waals surface area contributed by atoms with E-state index < -0.39 is 5.54 Å². The number of rotatable bonds is 6. The molecule has 0 atom stereocenters. The van der Waals surface area contributed by atoms with Gasteiger partial charge in [-0.3, -0.25) is 4.79 Å². The molecule has 0 bridgehead atoms. The van der Waals surface area contributed by atoms with Crippen molar-refractivity contribution in [2.75, 3.05) is 0 Å². The molecule has 110 valence electrons. The van der Waals surface area contributed by atoms with Crippen LogP contribution >= 0.6 is 0 Å². The van der Waals surface area contributed by atoms with Gasteiger partial charge in [0.15, 0.2) is 0 Å². The molecule has 1 aromatic carbocycles. The van der Waals surface area contributed by atoms with Crippen LogP contribution in [0, 0.1) is 5.82 Å². The third-order valence-corrected chi connectivity index (χ3v) is 4.23. The van der Waals surface area contributed by atoms with Crippen LogP contribution in [-0.2, 0) is 11.3 Å². The molecule has 0 radical (unpaired) electrons. The minimum Gasteiger partial charge on any atom is -0.334 e. The first kappa shape index (κ1) is 15.0. The van der Waals surface area contributed by atoms with E-state index in [-0.39, 0.29) is 17.8 Å². The minimum atomic E-state index is -0.826. The molecule has 20 heavy (non-hydrogen) atoms. The maximum absolute atomic E-state index is 13.8. The molecule has 1 saturated carbocycles. The highest BCUT2D eigenvalue weighted by Gasteiger charge is 2.40. The molecule has 3 nitrogen and oxygen atoms in total. The third kappa shape index (κ3) is 3.01. The van der Waals surface area contributed by atoms with Gasteiger partial charge in [0.25, 0.3) is 0 Å².